The molecule has 170 valence electrons. The molecule has 2 bridgehead atoms. The van der Waals surface area contributed by atoms with Crippen molar-refractivity contribution in [3.8, 4) is 0 Å². The van der Waals surface area contributed by atoms with Crippen molar-refractivity contribution in [3.05, 3.63) is 0 Å². The van der Waals surface area contributed by atoms with Crippen molar-refractivity contribution in [2.45, 2.75) is 87.3 Å². The molecule has 0 saturated carbocycles. The number of unbranched alkanes of at least 4 members (excludes halogenated alkanes) is 3. The first-order valence-corrected chi connectivity index (χ1v) is 12.4. The number of carbonyl (C=O) groups is 3. The molecular weight excluding hydrogens is 402 g/mol. The number of rotatable bonds is 11. The lowest BCUT2D eigenvalue weighted by Gasteiger charge is -2.35. The average molecular weight is 440 g/mol. The Hall–Kier alpha value is -1.28. The van der Waals surface area contributed by atoms with Crippen molar-refractivity contribution in [2.24, 2.45) is 11.8 Å². The smallest absolute Gasteiger partial charge is 0.244 e. The zero-order valence-electron chi connectivity index (χ0n) is 18.5. The number of fused-ring (bicyclic) bond motifs is 1. The van der Waals surface area contributed by atoms with Gasteiger partial charge in [-0.2, -0.15) is 0 Å². The molecule has 3 unspecified atom stereocenters. The summed E-state index contributed by atoms with van der Waals surface area (Å²) in [6, 6.07) is -0.436. The summed E-state index contributed by atoms with van der Waals surface area (Å²) in [6.07, 6.45) is 6.98. The minimum atomic E-state index is -0.503. The van der Waals surface area contributed by atoms with Gasteiger partial charge in [0.15, 0.2) is 0 Å². The van der Waals surface area contributed by atoms with Crippen LogP contribution < -0.4 is 10.6 Å². The van der Waals surface area contributed by atoms with Crippen LogP contribution in [0.15, 0.2) is 0 Å². The van der Waals surface area contributed by atoms with Crippen LogP contribution in [0.2, 0.25) is 0 Å². The molecule has 0 aromatic carbocycles. The number of nitrogens with zero attached hydrogens (tertiary/aromatic N) is 1. The predicted molar refractivity (Wildman–Crippen MR) is 118 cm³/mol. The van der Waals surface area contributed by atoms with Crippen LogP contribution in [-0.2, 0) is 14.4 Å². The van der Waals surface area contributed by atoms with Gasteiger partial charge in [0, 0.05) is 31.5 Å². The standard InChI is InChI=1S/C22H37N3O4S/c1-4-9-14(2)24-20(28)18-22-11-10-15(30-22)16(19(27)23-3)17(22)21(29)25(18)12-7-5-6-8-13-26/h14-18,26H,4-13H2,1-3H3,(H,23,27)(H,24,28)/t14?,15-,16+,17-,18?,22?/m0/s1. The zero-order chi connectivity index (χ0) is 21.9. The Labute approximate surface area is 184 Å². The maximum absolute atomic E-state index is 13.6. The van der Waals surface area contributed by atoms with Gasteiger partial charge >= 0.3 is 0 Å². The van der Waals surface area contributed by atoms with E-state index in [1.165, 1.54) is 0 Å². The predicted octanol–water partition coefficient (Wildman–Crippen LogP) is 1.68. The van der Waals surface area contributed by atoms with E-state index in [0.717, 1.165) is 51.4 Å². The van der Waals surface area contributed by atoms with E-state index in [4.69, 9.17) is 5.11 Å². The lowest BCUT2D eigenvalue weighted by molar-refractivity contribution is -0.140. The van der Waals surface area contributed by atoms with Crippen LogP contribution in [0.4, 0.5) is 0 Å². The first-order chi connectivity index (χ1) is 14.4. The van der Waals surface area contributed by atoms with Crippen LogP contribution >= 0.6 is 11.8 Å². The van der Waals surface area contributed by atoms with Crippen molar-refractivity contribution in [1.82, 2.24) is 15.5 Å². The van der Waals surface area contributed by atoms with Crippen molar-refractivity contribution in [2.75, 3.05) is 20.2 Å². The van der Waals surface area contributed by atoms with E-state index < -0.39 is 16.7 Å². The van der Waals surface area contributed by atoms with Crippen LogP contribution in [0.3, 0.4) is 0 Å². The maximum Gasteiger partial charge on any atom is 0.244 e. The van der Waals surface area contributed by atoms with Gasteiger partial charge < -0.3 is 20.6 Å². The number of aliphatic hydroxyl groups is 1. The van der Waals surface area contributed by atoms with E-state index in [-0.39, 0.29) is 41.5 Å². The van der Waals surface area contributed by atoms with Gasteiger partial charge in [0.2, 0.25) is 17.7 Å². The molecule has 1 spiro atoms. The first kappa shape index (κ1) is 23.4. The molecule has 30 heavy (non-hydrogen) atoms. The lowest BCUT2D eigenvalue weighted by atomic mass is 9.70. The topological polar surface area (TPSA) is 98.7 Å². The molecule has 3 aliphatic rings. The van der Waals surface area contributed by atoms with Gasteiger partial charge in [-0.15, -0.1) is 11.8 Å². The van der Waals surface area contributed by atoms with E-state index in [1.807, 2.05) is 6.92 Å². The first-order valence-electron chi connectivity index (χ1n) is 11.5. The Kier molecular flexibility index (Phi) is 7.71. The van der Waals surface area contributed by atoms with Crippen molar-refractivity contribution < 1.29 is 19.5 Å². The minimum Gasteiger partial charge on any atom is -0.396 e. The Morgan fingerprint density at radius 2 is 2.00 bits per heavy atom. The van der Waals surface area contributed by atoms with Crippen LogP contribution in [0, 0.1) is 11.8 Å². The van der Waals surface area contributed by atoms with E-state index >= 15 is 0 Å². The molecule has 7 nitrogen and oxygen atoms in total. The van der Waals surface area contributed by atoms with E-state index in [9.17, 15) is 14.4 Å². The molecule has 0 aromatic heterocycles. The fraction of sp³-hybridized carbons (Fsp3) is 0.864. The summed E-state index contributed by atoms with van der Waals surface area (Å²) in [5.74, 6) is -0.910. The highest BCUT2D eigenvalue weighted by Crippen LogP contribution is 2.66. The third kappa shape index (κ3) is 4.09. The van der Waals surface area contributed by atoms with Gasteiger partial charge in [-0.3, -0.25) is 14.4 Å². The molecule has 6 atom stereocenters. The van der Waals surface area contributed by atoms with Gasteiger partial charge in [-0.1, -0.05) is 26.2 Å². The molecular formula is C22H37N3O4S. The molecule has 0 radical (unpaired) electrons. The van der Waals surface area contributed by atoms with Crippen molar-refractivity contribution in [1.29, 1.82) is 0 Å². The second kappa shape index (κ2) is 9.90. The fourth-order valence-electron chi connectivity index (χ4n) is 5.74. The summed E-state index contributed by atoms with van der Waals surface area (Å²) < 4.78 is -0.486. The quantitative estimate of drug-likeness (QED) is 0.426. The van der Waals surface area contributed by atoms with E-state index in [2.05, 4.69) is 17.6 Å². The monoisotopic (exact) mass is 439 g/mol. The maximum atomic E-state index is 13.6. The molecule has 3 amide bonds. The Bertz CT molecular complexity index is 660. The van der Waals surface area contributed by atoms with E-state index in [0.29, 0.717) is 6.54 Å². The molecule has 0 aliphatic carbocycles. The summed E-state index contributed by atoms with van der Waals surface area (Å²) in [6.45, 7) is 4.82. The highest BCUT2D eigenvalue weighted by atomic mass is 32.2. The molecule has 3 aliphatic heterocycles. The number of thioether (sulfide) groups is 1. The average Bonchev–Trinajstić information content (AvgIpc) is 3.35. The van der Waals surface area contributed by atoms with Crippen LogP contribution in [-0.4, -0.2) is 70.0 Å². The molecule has 3 fully saturated rings. The summed E-state index contributed by atoms with van der Waals surface area (Å²) in [7, 11) is 1.63. The SMILES string of the molecule is CCCC(C)NC(=O)C1N(CCCCCCO)C(=O)[C@@H]2[C@H](C(=O)NC)[C@@H]3CCC12S3. The molecule has 3 N–H and O–H groups in total. The Balaban J connectivity index is 1.84. The molecule has 3 heterocycles. The number of carbonyl (C=O) groups excluding carboxylic acids is 3. The van der Waals surface area contributed by atoms with Crippen LogP contribution in [0.5, 0.6) is 0 Å². The minimum absolute atomic E-state index is 0.0243. The molecule has 3 saturated heterocycles. The number of aliphatic hydroxyl groups excluding tert-OH is 1. The van der Waals surface area contributed by atoms with Gasteiger partial charge in [-0.05, 0) is 39.0 Å². The van der Waals surface area contributed by atoms with Gasteiger partial charge in [0.25, 0.3) is 0 Å². The highest BCUT2D eigenvalue weighted by molar-refractivity contribution is 8.02. The molecule has 0 aromatic rings. The third-order valence-corrected chi connectivity index (χ3v) is 8.97. The number of nitrogens with one attached hydrogen (secondary N) is 2. The summed E-state index contributed by atoms with van der Waals surface area (Å²) in [5.41, 5.74) is 0. The second-order valence-electron chi connectivity index (χ2n) is 9.04. The number of amides is 3. The van der Waals surface area contributed by atoms with Gasteiger partial charge in [0.05, 0.1) is 16.6 Å². The summed E-state index contributed by atoms with van der Waals surface area (Å²) >= 11 is 1.72. The molecule has 8 heteroatoms. The third-order valence-electron chi connectivity index (χ3n) is 7.02. The van der Waals surface area contributed by atoms with E-state index in [1.54, 1.807) is 23.7 Å². The van der Waals surface area contributed by atoms with Crippen LogP contribution in [0.1, 0.15) is 65.2 Å². The second-order valence-corrected chi connectivity index (χ2v) is 10.6. The van der Waals surface area contributed by atoms with Crippen LogP contribution in [0.25, 0.3) is 0 Å². The normalized spacial score (nSPS) is 32.9. The summed E-state index contributed by atoms with van der Waals surface area (Å²) in [4.78, 5) is 41.4. The van der Waals surface area contributed by atoms with Gasteiger partial charge in [-0.25, -0.2) is 0 Å². The van der Waals surface area contributed by atoms with Crippen molar-refractivity contribution in [3.63, 3.8) is 0 Å². The Morgan fingerprint density at radius 3 is 2.67 bits per heavy atom. The number of hydrogen-bond acceptors (Lipinski definition) is 5. The molecule has 3 rings (SSSR count). The largest absolute Gasteiger partial charge is 0.396 e. The highest BCUT2D eigenvalue weighted by Gasteiger charge is 2.73. The number of hydrogen-bond donors (Lipinski definition) is 3. The zero-order valence-corrected chi connectivity index (χ0v) is 19.3. The lowest BCUT2D eigenvalue weighted by Crippen LogP contribution is -2.55. The fourth-order valence-corrected chi connectivity index (χ4v) is 7.96. The van der Waals surface area contributed by atoms with Crippen molar-refractivity contribution >= 4 is 29.5 Å². The summed E-state index contributed by atoms with van der Waals surface area (Å²) in [5, 5.41) is 15.0. The Morgan fingerprint density at radius 1 is 1.27 bits per heavy atom. The van der Waals surface area contributed by atoms with Gasteiger partial charge in [0.1, 0.15) is 6.04 Å². The number of likely N-dealkylation sites (tertiary alicyclic amines) is 1.